The first kappa shape index (κ1) is 22.6. The lowest BCUT2D eigenvalue weighted by atomic mass is 9.99. The van der Waals surface area contributed by atoms with Crippen molar-refractivity contribution in [2.75, 3.05) is 0 Å². The predicted octanol–water partition coefficient (Wildman–Crippen LogP) is 5.77. The highest BCUT2D eigenvalue weighted by Crippen LogP contribution is 2.39. The Morgan fingerprint density at radius 3 is 1.89 bits per heavy atom. The van der Waals surface area contributed by atoms with Crippen LogP contribution in [0.2, 0.25) is 0 Å². The second kappa shape index (κ2) is 10.6. The average molecular weight is 373 g/mol. The van der Waals surface area contributed by atoms with Crippen LogP contribution in [0.15, 0.2) is 41.0 Å². The van der Waals surface area contributed by atoms with Gasteiger partial charge in [-0.15, -0.1) is 0 Å². The minimum absolute atomic E-state index is 0.0713. The lowest BCUT2D eigenvalue weighted by Gasteiger charge is -2.16. The number of hydrogen-bond acceptors (Lipinski definition) is 4. The quantitative estimate of drug-likeness (QED) is 0.345. The van der Waals surface area contributed by atoms with E-state index in [1.807, 2.05) is 32.9 Å². The van der Waals surface area contributed by atoms with Crippen molar-refractivity contribution in [2.45, 2.75) is 67.2 Å². The van der Waals surface area contributed by atoms with E-state index < -0.39 is 5.97 Å². The van der Waals surface area contributed by atoms with Crippen molar-refractivity contribution in [3.8, 4) is 17.2 Å². The molecule has 0 saturated heterocycles. The zero-order valence-electron chi connectivity index (χ0n) is 17.3. The zero-order valence-corrected chi connectivity index (χ0v) is 17.3. The Kier molecular flexibility index (Phi) is 8.86. The number of phenols is 2. The Morgan fingerprint density at radius 2 is 1.41 bits per heavy atom. The van der Waals surface area contributed by atoms with Gasteiger partial charge in [0.15, 0.2) is 0 Å². The molecule has 0 radical (unpaired) electrons. The molecule has 0 aliphatic carbocycles. The zero-order chi connectivity index (χ0) is 20.6. The van der Waals surface area contributed by atoms with Gasteiger partial charge >= 0.3 is 5.97 Å². The number of carbonyl (C=O) groups excluding carboxylic acids is 1. The van der Waals surface area contributed by atoms with Crippen LogP contribution in [0.3, 0.4) is 0 Å². The van der Waals surface area contributed by atoms with Crippen molar-refractivity contribution in [2.24, 2.45) is 0 Å². The summed E-state index contributed by atoms with van der Waals surface area (Å²) in [7, 11) is 0. The number of allylic oxidation sites excluding steroid dienone is 6. The average Bonchev–Trinajstić information content (AvgIpc) is 2.52. The maximum Gasteiger partial charge on any atom is 0.308 e. The molecule has 0 aliphatic heterocycles. The molecule has 148 valence electrons. The molecule has 0 saturated carbocycles. The van der Waals surface area contributed by atoms with Crippen LogP contribution < -0.4 is 4.74 Å². The van der Waals surface area contributed by atoms with Crippen molar-refractivity contribution in [3.63, 3.8) is 0 Å². The first-order chi connectivity index (χ1) is 12.6. The van der Waals surface area contributed by atoms with E-state index in [9.17, 15) is 15.0 Å². The first-order valence-corrected chi connectivity index (χ1v) is 9.29. The number of esters is 1. The smallest absolute Gasteiger partial charge is 0.308 e. The van der Waals surface area contributed by atoms with Gasteiger partial charge in [-0.25, -0.2) is 0 Å². The fourth-order valence-electron chi connectivity index (χ4n) is 2.65. The summed E-state index contributed by atoms with van der Waals surface area (Å²) in [5, 5.41) is 20.6. The molecule has 0 fully saturated rings. The van der Waals surface area contributed by atoms with Gasteiger partial charge in [0, 0.05) is 24.1 Å². The Labute approximate surface area is 162 Å². The summed E-state index contributed by atoms with van der Waals surface area (Å²) in [5.74, 6) is -0.373. The highest BCUT2D eigenvalue weighted by molar-refractivity contribution is 5.72. The van der Waals surface area contributed by atoms with Crippen LogP contribution in [-0.2, 0) is 17.6 Å². The second-order valence-corrected chi connectivity index (χ2v) is 7.36. The summed E-state index contributed by atoms with van der Waals surface area (Å²) in [6.07, 6.45) is 8.92. The number of benzene rings is 1. The van der Waals surface area contributed by atoms with Crippen LogP contribution in [0.25, 0.3) is 0 Å². The summed E-state index contributed by atoms with van der Waals surface area (Å²) in [4.78, 5) is 11.6. The van der Waals surface area contributed by atoms with E-state index in [0.717, 1.165) is 18.4 Å². The molecule has 1 aromatic rings. The molecule has 1 aromatic carbocycles. The SMILES string of the molecule is CC(=O)Oc1c(CC=C(C)C)c(O)cc(O)c1C/C=C(\C)CCC=C(C)C. The Morgan fingerprint density at radius 1 is 0.889 bits per heavy atom. The fraction of sp³-hybridized carbons (Fsp3) is 0.435. The predicted molar refractivity (Wildman–Crippen MR) is 110 cm³/mol. The third kappa shape index (κ3) is 7.73. The standard InChI is InChI=1S/C23H32O4/c1-15(2)8-7-9-17(5)11-13-20-22(26)14-21(25)19(12-10-16(3)4)23(20)27-18(6)24/h8,10-11,14,25-26H,7,9,12-13H2,1-6H3/b17-11+. The van der Waals surface area contributed by atoms with E-state index in [0.29, 0.717) is 24.0 Å². The molecule has 1 rings (SSSR count). The number of hydrogen-bond donors (Lipinski definition) is 2. The van der Waals surface area contributed by atoms with Gasteiger partial charge in [-0.3, -0.25) is 4.79 Å². The lowest BCUT2D eigenvalue weighted by Crippen LogP contribution is -2.07. The molecule has 0 unspecified atom stereocenters. The molecule has 0 heterocycles. The van der Waals surface area contributed by atoms with Gasteiger partial charge in [-0.1, -0.05) is 34.9 Å². The van der Waals surface area contributed by atoms with E-state index >= 15 is 0 Å². The molecular formula is C23H32O4. The lowest BCUT2D eigenvalue weighted by molar-refractivity contribution is -0.132. The highest BCUT2D eigenvalue weighted by Gasteiger charge is 2.19. The van der Waals surface area contributed by atoms with Crippen molar-refractivity contribution in [3.05, 3.63) is 52.1 Å². The molecule has 27 heavy (non-hydrogen) atoms. The number of rotatable bonds is 8. The van der Waals surface area contributed by atoms with Crippen LogP contribution in [0, 0.1) is 0 Å². The number of aromatic hydroxyl groups is 2. The van der Waals surface area contributed by atoms with E-state index in [1.54, 1.807) is 0 Å². The number of ether oxygens (including phenoxy) is 1. The summed E-state index contributed by atoms with van der Waals surface area (Å²) < 4.78 is 5.39. The Balaban J connectivity index is 3.23. The van der Waals surface area contributed by atoms with Gasteiger partial charge in [0.25, 0.3) is 0 Å². The maximum absolute atomic E-state index is 11.6. The third-order valence-electron chi connectivity index (χ3n) is 4.15. The summed E-state index contributed by atoms with van der Waals surface area (Å²) in [5.41, 5.74) is 4.60. The molecule has 0 aliphatic rings. The monoisotopic (exact) mass is 372 g/mol. The number of carbonyl (C=O) groups is 1. The summed E-state index contributed by atoms with van der Waals surface area (Å²) in [6, 6.07) is 1.32. The first-order valence-electron chi connectivity index (χ1n) is 9.29. The van der Waals surface area contributed by atoms with Crippen LogP contribution in [-0.4, -0.2) is 16.2 Å². The molecule has 0 bridgehead atoms. The van der Waals surface area contributed by atoms with Crippen molar-refractivity contribution >= 4 is 5.97 Å². The van der Waals surface area contributed by atoms with Crippen molar-refractivity contribution < 1.29 is 19.7 Å². The van der Waals surface area contributed by atoms with Crippen LogP contribution in [0.5, 0.6) is 17.2 Å². The maximum atomic E-state index is 11.6. The normalized spacial score (nSPS) is 11.1. The molecule has 0 atom stereocenters. The van der Waals surface area contributed by atoms with Gasteiger partial charge in [0.05, 0.1) is 0 Å². The topological polar surface area (TPSA) is 66.8 Å². The van der Waals surface area contributed by atoms with Gasteiger partial charge in [-0.05, 0) is 60.3 Å². The summed E-state index contributed by atoms with van der Waals surface area (Å²) >= 11 is 0. The third-order valence-corrected chi connectivity index (χ3v) is 4.15. The minimum Gasteiger partial charge on any atom is -0.507 e. The molecule has 4 nitrogen and oxygen atoms in total. The minimum atomic E-state index is -0.482. The van der Waals surface area contributed by atoms with Gasteiger partial charge in [0.1, 0.15) is 17.2 Å². The van der Waals surface area contributed by atoms with Crippen molar-refractivity contribution in [1.29, 1.82) is 0 Å². The second-order valence-electron chi connectivity index (χ2n) is 7.36. The van der Waals surface area contributed by atoms with Crippen LogP contribution in [0.1, 0.15) is 65.5 Å². The molecule has 0 spiro atoms. The van der Waals surface area contributed by atoms with E-state index in [-0.39, 0.29) is 17.2 Å². The molecule has 4 heteroatoms. The molecular weight excluding hydrogens is 340 g/mol. The van der Waals surface area contributed by atoms with Gasteiger partial charge < -0.3 is 14.9 Å². The van der Waals surface area contributed by atoms with E-state index in [1.165, 1.54) is 24.1 Å². The Hall–Kier alpha value is -2.49. The fourth-order valence-corrected chi connectivity index (χ4v) is 2.65. The molecule has 0 aromatic heterocycles. The van der Waals surface area contributed by atoms with E-state index in [4.69, 9.17) is 4.74 Å². The molecule has 0 amide bonds. The van der Waals surface area contributed by atoms with Crippen molar-refractivity contribution in [1.82, 2.24) is 0 Å². The summed E-state index contributed by atoms with van der Waals surface area (Å²) in [6.45, 7) is 11.4. The van der Waals surface area contributed by atoms with E-state index in [2.05, 4.69) is 19.9 Å². The van der Waals surface area contributed by atoms with Gasteiger partial charge in [0.2, 0.25) is 0 Å². The highest BCUT2D eigenvalue weighted by atomic mass is 16.5. The Bertz CT molecular complexity index is 759. The molecule has 2 N–H and O–H groups in total. The van der Waals surface area contributed by atoms with Crippen LogP contribution >= 0.6 is 0 Å². The number of phenolic OH excluding ortho intramolecular Hbond substituents is 2. The van der Waals surface area contributed by atoms with Crippen LogP contribution in [0.4, 0.5) is 0 Å². The van der Waals surface area contributed by atoms with Gasteiger partial charge in [-0.2, -0.15) is 0 Å². The largest absolute Gasteiger partial charge is 0.507 e.